The summed E-state index contributed by atoms with van der Waals surface area (Å²) in [5.74, 6) is 0.513. The third kappa shape index (κ3) is 8.07. The number of alkyl carbamates (subject to hydrolysis) is 1. The molecule has 0 aromatic carbocycles. The Bertz CT molecular complexity index is 976. The summed E-state index contributed by atoms with van der Waals surface area (Å²) in [6, 6.07) is 4.57. The first kappa shape index (κ1) is 26.2. The Labute approximate surface area is 193 Å². The van der Waals surface area contributed by atoms with Crippen LogP contribution in [-0.4, -0.2) is 38.8 Å². The van der Waals surface area contributed by atoms with E-state index in [0.717, 1.165) is 0 Å². The Kier molecular flexibility index (Phi) is 8.46. The standard InChI is InChI=1S/C24H32F2N4O3/c1-8-19-27-12-11-17(28-19)16-9-10-18(20(29-16)21(25)26)32-14-24(7,13-15(2)3)30-22(31)33-23(4,5)6/h8-12,15,21H,1,13-14H2,2-7H3,(H,30,31)/t24-/m0/s1. The molecule has 2 aromatic rings. The van der Waals surface area contributed by atoms with Gasteiger partial charge in [-0.1, -0.05) is 20.4 Å². The minimum atomic E-state index is -2.86. The van der Waals surface area contributed by atoms with Crippen molar-refractivity contribution in [1.82, 2.24) is 20.3 Å². The average molecular weight is 463 g/mol. The highest BCUT2D eigenvalue weighted by Gasteiger charge is 2.32. The molecule has 0 aliphatic heterocycles. The van der Waals surface area contributed by atoms with Gasteiger partial charge in [0.25, 0.3) is 6.43 Å². The molecule has 2 aromatic heterocycles. The van der Waals surface area contributed by atoms with Crippen molar-refractivity contribution in [1.29, 1.82) is 0 Å². The van der Waals surface area contributed by atoms with E-state index in [1.54, 1.807) is 39.8 Å². The van der Waals surface area contributed by atoms with Crippen LogP contribution in [0.3, 0.4) is 0 Å². The second kappa shape index (κ2) is 10.7. The van der Waals surface area contributed by atoms with Gasteiger partial charge in [0.2, 0.25) is 0 Å². The molecule has 0 radical (unpaired) electrons. The fourth-order valence-electron chi connectivity index (χ4n) is 3.33. The van der Waals surface area contributed by atoms with E-state index in [9.17, 15) is 13.6 Å². The molecule has 7 nitrogen and oxygen atoms in total. The zero-order chi connectivity index (χ0) is 24.8. The normalized spacial score (nSPS) is 13.5. The van der Waals surface area contributed by atoms with Gasteiger partial charge >= 0.3 is 6.09 Å². The number of nitrogens with zero attached hydrogens (tertiary/aromatic N) is 3. The fourth-order valence-corrected chi connectivity index (χ4v) is 3.33. The molecule has 0 saturated heterocycles. The van der Waals surface area contributed by atoms with Crippen LogP contribution < -0.4 is 10.1 Å². The number of hydrogen-bond donors (Lipinski definition) is 1. The van der Waals surface area contributed by atoms with Crippen LogP contribution in [0.1, 0.15) is 65.9 Å². The molecule has 0 fully saturated rings. The maximum Gasteiger partial charge on any atom is 0.408 e. The monoisotopic (exact) mass is 462 g/mol. The van der Waals surface area contributed by atoms with E-state index in [4.69, 9.17) is 9.47 Å². The van der Waals surface area contributed by atoms with E-state index in [0.29, 0.717) is 17.9 Å². The van der Waals surface area contributed by atoms with Crippen molar-refractivity contribution in [2.75, 3.05) is 6.61 Å². The number of ether oxygens (including phenoxy) is 2. The SMILES string of the molecule is C=Cc1nccc(-c2ccc(OC[C@](C)(CC(C)C)NC(=O)OC(C)(C)C)c(C(F)F)n2)n1. The number of alkyl halides is 2. The summed E-state index contributed by atoms with van der Waals surface area (Å²) in [7, 11) is 0. The Balaban J connectivity index is 2.27. The predicted molar refractivity (Wildman–Crippen MR) is 123 cm³/mol. The molecule has 0 bridgehead atoms. The lowest BCUT2D eigenvalue weighted by molar-refractivity contribution is 0.0404. The van der Waals surface area contributed by atoms with Crippen molar-refractivity contribution in [3.05, 3.63) is 42.5 Å². The number of carbonyl (C=O) groups is 1. The molecule has 2 heterocycles. The lowest BCUT2D eigenvalue weighted by Crippen LogP contribution is -2.52. The van der Waals surface area contributed by atoms with Gasteiger partial charge in [-0.05, 0) is 64.3 Å². The summed E-state index contributed by atoms with van der Waals surface area (Å²) in [5, 5.41) is 2.83. The minimum absolute atomic E-state index is 0.0424. The molecule has 0 saturated carbocycles. The van der Waals surface area contributed by atoms with Gasteiger partial charge in [-0.2, -0.15) is 0 Å². The van der Waals surface area contributed by atoms with Crippen LogP contribution in [0.15, 0.2) is 31.0 Å². The predicted octanol–water partition coefficient (Wildman–Crippen LogP) is 5.83. The highest BCUT2D eigenvalue weighted by molar-refractivity contribution is 5.68. The van der Waals surface area contributed by atoms with Gasteiger partial charge in [-0.3, -0.25) is 0 Å². The van der Waals surface area contributed by atoms with Crippen LogP contribution in [-0.2, 0) is 4.74 Å². The van der Waals surface area contributed by atoms with Gasteiger partial charge < -0.3 is 14.8 Å². The first-order valence-electron chi connectivity index (χ1n) is 10.7. The van der Waals surface area contributed by atoms with E-state index < -0.39 is 29.4 Å². The number of halogens is 2. The summed E-state index contributed by atoms with van der Waals surface area (Å²) >= 11 is 0. The first-order chi connectivity index (χ1) is 15.3. The average Bonchev–Trinajstić information content (AvgIpc) is 2.70. The highest BCUT2D eigenvalue weighted by atomic mass is 19.3. The highest BCUT2D eigenvalue weighted by Crippen LogP contribution is 2.31. The van der Waals surface area contributed by atoms with E-state index in [-0.39, 0.29) is 24.0 Å². The molecule has 1 atom stereocenters. The minimum Gasteiger partial charge on any atom is -0.489 e. The van der Waals surface area contributed by atoms with Crippen molar-refractivity contribution in [2.24, 2.45) is 5.92 Å². The molecule has 33 heavy (non-hydrogen) atoms. The van der Waals surface area contributed by atoms with Gasteiger partial charge in [-0.25, -0.2) is 28.5 Å². The number of aromatic nitrogens is 3. The van der Waals surface area contributed by atoms with Crippen LogP contribution in [0.5, 0.6) is 5.75 Å². The molecular formula is C24H32F2N4O3. The van der Waals surface area contributed by atoms with Crippen molar-refractivity contribution in [3.63, 3.8) is 0 Å². The summed E-state index contributed by atoms with van der Waals surface area (Å²) < 4.78 is 38.8. The topological polar surface area (TPSA) is 86.2 Å². The van der Waals surface area contributed by atoms with Crippen LogP contribution in [0.25, 0.3) is 17.5 Å². The summed E-state index contributed by atoms with van der Waals surface area (Å²) in [4.78, 5) is 24.7. The largest absolute Gasteiger partial charge is 0.489 e. The number of hydrogen-bond acceptors (Lipinski definition) is 6. The molecule has 180 valence electrons. The zero-order valence-corrected chi connectivity index (χ0v) is 20.0. The summed E-state index contributed by atoms with van der Waals surface area (Å²) in [5.41, 5.74) is -1.36. The number of carbonyl (C=O) groups excluding carboxylic acids is 1. The molecular weight excluding hydrogens is 430 g/mol. The van der Waals surface area contributed by atoms with E-state index >= 15 is 0 Å². The Morgan fingerprint density at radius 1 is 1.15 bits per heavy atom. The number of rotatable bonds is 9. The van der Waals surface area contributed by atoms with E-state index in [2.05, 4.69) is 26.8 Å². The third-order valence-corrected chi connectivity index (χ3v) is 4.42. The van der Waals surface area contributed by atoms with Crippen LogP contribution in [0.4, 0.5) is 13.6 Å². The Morgan fingerprint density at radius 2 is 1.82 bits per heavy atom. The number of nitrogens with one attached hydrogen (secondary N) is 1. The smallest absolute Gasteiger partial charge is 0.408 e. The van der Waals surface area contributed by atoms with Gasteiger partial charge in [0.05, 0.1) is 16.9 Å². The zero-order valence-electron chi connectivity index (χ0n) is 20.0. The molecule has 0 aliphatic carbocycles. The number of amides is 1. The van der Waals surface area contributed by atoms with Gasteiger partial charge in [0, 0.05) is 6.20 Å². The Hall–Kier alpha value is -3.10. The quantitative estimate of drug-likeness (QED) is 0.505. The van der Waals surface area contributed by atoms with Crippen LogP contribution in [0, 0.1) is 5.92 Å². The van der Waals surface area contributed by atoms with Gasteiger partial charge in [0.1, 0.15) is 23.7 Å². The molecule has 1 N–H and O–H groups in total. The number of pyridine rings is 1. The maximum absolute atomic E-state index is 13.8. The van der Waals surface area contributed by atoms with Crippen molar-refractivity contribution in [3.8, 4) is 17.1 Å². The van der Waals surface area contributed by atoms with E-state index in [1.807, 2.05) is 13.8 Å². The van der Waals surface area contributed by atoms with Crippen LogP contribution in [0.2, 0.25) is 0 Å². The second-order valence-corrected chi connectivity index (χ2v) is 9.46. The molecule has 2 rings (SSSR count). The first-order valence-corrected chi connectivity index (χ1v) is 10.7. The van der Waals surface area contributed by atoms with Crippen molar-refractivity contribution < 1.29 is 23.0 Å². The molecule has 1 amide bonds. The van der Waals surface area contributed by atoms with Crippen molar-refractivity contribution >= 4 is 12.2 Å². The molecule has 0 unspecified atom stereocenters. The molecule has 0 spiro atoms. The third-order valence-electron chi connectivity index (χ3n) is 4.42. The summed E-state index contributed by atoms with van der Waals surface area (Å²) in [6.07, 6.45) is 0.0528. The lowest BCUT2D eigenvalue weighted by Gasteiger charge is -2.33. The lowest BCUT2D eigenvalue weighted by atomic mass is 9.91. The van der Waals surface area contributed by atoms with Gasteiger partial charge in [-0.15, -0.1) is 0 Å². The van der Waals surface area contributed by atoms with Gasteiger partial charge in [0.15, 0.2) is 5.82 Å². The van der Waals surface area contributed by atoms with E-state index in [1.165, 1.54) is 18.3 Å². The Morgan fingerprint density at radius 3 is 2.39 bits per heavy atom. The maximum atomic E-state index is 13.8. The fraction of sp³-hybridized carbons (Fsp3) is 0.500. The molecule has 0 aliphatic rings. The molecule has 9 heteroatoms. The summed E-state index contributed by atoms with van der Waals surface area (Å²) in [6.45, 7) is 14.6. The van der Waals surface area contributed by atoms with Crippen LogP contribution >= 0.6 is 0 Å². The van der Waals surface area contributed by atoms with Crippen molar-refractivity contribution in [2.45, 2.75) is 65.5 Å². The second-order valence-electron chi connectivity index (χ2n) is 9.46.